The molecule has 0 aromatic carbocycles. The molecular weight excluding hydrogens is 263 g/mol. The van der Waals surface area contributed by atoms with Crippen molar-refractivity contribution in [2.24, 2.45) is 0 Å². The second kappa shape index (κ2) is 6.12. The highest BCUT2D eigenvalue weighted by molar-refractivity contribution is 4.75. The minimum atomic E-state index is -5.53. The molecule has 1 aliphatic rings. The van der Waals surface area contributed by atoms with Crippen LogP contribution in [0.4, 0.5) is 22.0 Å². The quantitative estimate of drug-likeness (QED) is 0.504. The first kappa shape index (κ1) is 15.6. The highest BCUT2D eigenvalue weighted by Gasteiger charge is 2.56. The zero-order chi connectivity index (χ0) is 13.8. The molecule has 0 saturated carbocycles. The van der Waals surface area contributed by atoms with Gasteiger partial charge in [-0.05, 0) is 6.92 Å². The normalized spacial score (nSPS) is 22.0. The van der Waals surface area contributed by atoms with Crippen molar-refractivity contribution in [3.05, 3.63) is 0 Å². The van der Waals surface area contributed by atoms with Crippen LogP contribution in [0, 0.1) is 0 Å². The Labute approximate surface area is 101 Å². The fourth-order valence-corrected chi connectivity index (χ4v) is 1.11. The van der Waals surface area contributed by atoms with Gasteiger partial charge in [-0.3, -0.25) is 0 Å². The lowest BCUT2D eigenvalue weighted by molar-refractivity contribution is -0.287. The zero-order valence-corrected chi connectivity index (χ0v) is 9.80. The highest BCUT2D eigenvalue weighted by Crippen LogP contribution is 2.37. The molecule has 0 bridgehead atoms. The summed E-state index contributed by atoms with van der Waals surface area (Å²) in [5.74, 6) is -4.71. The molecule has 1 rings (SSSR count). The first-order valence-electron chi connectivity index (χ1n) is 5.48. The van der Waals surface area contributed by atoms with Crippen molar-refractivity contribution < 1.29 is 36.2 Å². The number of rotatable bonds is 8. The summed E-state index contributed by atoms with van der Waals surface area (Å²) >= 11 is 0. The first-order valence-corrected chi connectivity index (χ1v) is 5.48. The molecule has 1 saturated heterocycles. The van der Waals surface area contributed by atoms with Gasteiger partial charge in [0.25, 0.3) is 0 Å². The zero-order valence-electron chi connectivity index (χ0n) is 9.80. The van der Waals surface area contributed by atoms with Crippen LogP contribution in [-0.4, -0.2) is 50.7 Å². The standard InChI is InChI=1S/C10H15F5O3/c1-7(4-16-5-8-6-18-8)17-3-2-9(11,12)10(13,14)15/h7-8H,2-6H2,1H3. The Bertz CT molecular complexity index is 252. The third-order valence-corrected chi connectivity index (χ3v) is 2.29. The van der Waals surface area contributed by atoms with E-state index in [2.05, 4.69) is 0 Å². The second-order valence-electron chi connectivity index (χ2n) is 4.13. The van der Waals surface area contributed by atoms with Gasteiger partial charge in [-0.2, -0.15) is 22.0 Å². The van der Waals surface area contributed by atoms with Gasteiger partial charge in [0.05, 0.1) is 32.5 Å². The Kier molecular flexibility index (Phi) is 5.30. The van der Waals surface area contributed by atoms with Gasteiger partial charge in [0.2, 0.25) is 0 Å². The molecule has 0 spiro atoms. The van der Waals surface area contributed by atoms with Crippen LogP contribution in [0.25, 0.3) is 0 Å². The third-order valence-electron chi connectivity index (χ3n) is 2.29. The number of hydrogen-bond donors (Lipinski definition) is 0. The maximum absolute atomic E-state index is 12.5. The summed E-state index contributed by atoms with van der Waals surface area (Å²) in [6, 6.07) is 0. The van der Waals surface area contributed by atoms with Crippen molar-refractivity contribution in [1.29, 1.82) is 0 Å². The summed E-state index contributed by atoms with van der Waals surface area (Å²) in [5, 5.41) is 0. The van der Waals surface area contributed by atoms with Gasteiger partial charge in [-0.15, -0.1) is 0 Å². The minimum Gasteiger partial charge on any atom is -0.376 e. The lowest BCUT2D eigenvalue weighted by atomic mass is 10.2. The maximum Gasteiger partial charge on any atom is 0.453 e. The Morgan fingerprint density at radius 2 is 1.89 bits per heavy atom. The third kappa shape index (κ3) is 5.45. The molecule has 8 heteroatoms. The Morgan fingerprint density at radius 3 is 2.39 bits per heavy atom. The summed E-state index contributed by atoms with van der Waals surface area (Å²) in [5.41, 5.74) is 0. The van der Waals surface area contributed by atoms with E-state index in [9.17, 15) is 22.0 Å². The minimum absolute atomic E-state index is 0.0757. The second-order valence-corrected chi connectivity index (χ2v) is 4.13. The molecule has 0 aromatic heterocycles. The van der Waals surface area contributed by atoms with Gasteiger partial charge in [-0.25, -0.2) is 0 Å². The van der Waals surface area contributed by atoms with Gasteiger partial charge >= 0.3 is 12.1 Å². The number of hydrogen-bond acceptors (Lipinski definition) is 3. The van der Waals surface area contributed by atoms with Crippen molar-refractivity contribution >= 4 is 0 Å². The Morgan fingerprint density at radius 1 is 1.28 bits per heavy atom. The van der Waals surface area contributed by atoms with Gasteiger partial charge < -0.3 is 14.2 Å². The molecule has 0 N–H and O–H groups in total. The Balaban J connectivity index is 2.08. The summed E-state index contributed by atoms with van der Waals surface area (Å²) in [6.45, 7) is 2.02. The van der Waals surface area contributed by atoms with Crippen LogP contribution in [0.5, 0.6) is 0 Å². The molecule has 0 aromatic rings. The molecule has 0 aliphatic carbocycles. The van der Waals surface area contributed by atoms with Crippen molar-refractivity contribution in [2.75, 3.05) is 26.4 Å². The molecule has 108 valence electrons. The summed E-state index contributed by atoms with van der Waals surface area (Å²) in [7, 11) is 0. The van der Waals surface area contributed by atoms with Crippen molar-refractivity contribution in [3.8, 4) is 0 Å². The van der Waals surface area contributed by atoms with E-state index in [1.165, 1.54) is 0 Å². The number of halogens is 5. The number of ether oxygens (including phenoxy) is 3. The van der Waals surface area contributed by atoms with Gasteiger partial charge in [0.1, 0.15) is 6.10 Å². The van der Waals surface area contributed by atoms with Gasteiger partial charge in [0, 0.05) is 6.42 Å². The topological polar surface area (TPSA) is 31.0 Å². The molecule has 3 nitrogen and oxygen atoms in total. The molecule has 0 radical (unpaired) electrons. The molecule has 0 amide bonds. The monoisotopic (exact) mass is 278 g/mol. The Hall–Kier alpha value is -0.470. The van der Waals surface area contributed by atoms with Crippen molar-refractivity contribution in [3.63, 3.8) is 0 Å². The summed E-state index contributed by atoms with van der Waals surface area (Å²) in [4.78, 5) is 0. The predicted molar refractivity (Wildman–Crippen MR) is 51.6 cm³/mol. The molecule has 2 atom stereocenters. The molecule has 1 fully saturated rings. The molecule has 1 aliphatic heterocycles. The first-order chi connectivity index (χ1) is 8.22. The van der Waals surface area contributed by atoms with Crippen LogP contribution in [-0.2, 0) is 14.2 Å². The molecular formula is C10H15F5O3. The van der Waals surface area contributed by atoms with Crippen LogP contribution < -0.4 is 0 Å². The fraction of sp³-hybridized carbons (Fsp3) is 1.00. The number of alkyl halides is 5. The summed E-state index contributed by atoms with van der Waals surface area (Å²) < 4.78 is 75.2. The predicted octanol–water partition coefficient (Wildman–Crippen LogP) is 2.39. The van der Waals surface area contributed by atoms with E-state index in [1.54, 1.807) is 6.92 Å². The molecule has 1 heterocycles. The van der Waals surface area contributed by atoms with Crippen molar-refractivity contribution in [1.82, 2.24) is 0 Å². The maximum atomic E-state index is 12.5. The van der Waals surface area contributed by atoms with Crippen LogP contribution in [0.2, 0.25) is 0 Å². The van der Waals surface area contributed by atoms with Gasteiger partial charge in [0.15, 0.2) is 0 Å². The summed E-state index contributed by atoms with van der Waals surface area (Å²) in [6.07, 6.45) is -7.37. The van der Waals surface area contributed by atoms with Gasteiger partial charge in [-0.1, -0.05) is 0 Å². The smallest absolute Gasteiger partial charge is 0.376 e. The fourth-order valence-electron chi connectivity index (χ4n) is 1.11. The van der Waals surface area contributed by atoms with Crippen LogP contribution in [0.15, 0.2) is 0 Å². The highest BCUT2D eigenvalue weighted by atomic mass is 19.4. The van der Waals surface area contributed by atoms with E-state index in [4.69, 9.17) is 14.2 Å². The van der Waals surface area contributed by atoms with E-state index >= 15 is 0 Å². The molecule has 2 unspecified atom stereocenters. The lowest BCUT2D eigenvalue weighted by Crippen LogP contribution is -2.37. The average Bonchev–Trinajstić information content (AvgIpc) is 2.99. The average molecular weight is 278 g/mol. The number of epoxide rings is 1. The van der Waals surface area contributed by atoms with Crippen LogP contribution >= 0.6 is 0 Å². The lowest BCUT2D eigenvalue weighted by Gasteiger charge is -2.20. The van der Waals surface area contributed by atoms with Crippen LogP contribution in [0.1, 0.15) is 13.3 Å². The van der Waals surface area contributed by atoms with E-state index in [-0.39, 0.29) is 12.7 Å². The van der Waals surface area contributed by atoms with E-state index in [0.717, 1.165) is 0 Å². The van der Waals surface area contributed by atoms with Crippen molar-refractivity contribution in [2.45, 2.75) is 37.7 Å². The van der Waals surface area contributed by atoms with E-state index in [1.807, 2.05) is 0 Å². The SMILES string of the molecule is CC(COCC1CO1)OCCC(F)(F)C(F)(F)F. The largest absolute Gasteiger partial charge is 0.453 e. The van der Waals surface area contributed by atoms with E-state index < -0.39 is 31.2 Å². The van der Waals surface area contributed by atoms with Crippen LogP contribution in [0.3, 0.4) is 0 Å². The van der Waals surface area contributed by atoms with E-state index in [0.29, 0.717) is 13.2 Å². The molecule has 18 heavy (non-hydrogen) atoms.